The maximum atomic E-state index is 13.0. The van der Waals surface area contributed by atoms with E-state index in [9.17, 15) is 18.8 Å². The first kappa shape index (κ1) is 22.3. The topological polar surface area (TPSA) is 90.5 Å². The van der Waals surface area contributed by atoms with Gasteiger partial charge in [-0.2, -0.15) is 0 Å². The van der Waals surface area contributed by atoms with Gasteiger partial charge in [0, 0.05) is 37.4 Å². The predicted octanol–water partition coefficient (Wildman–Crippen LogP) is 3.73. The van der Waals surface area contributed by atoms with Gasteiger partial charge in [-0.1, -0.05) is 25.1 Å². The second-order valence-electron chi connectivity index (χ2n) is 7.54. The molecule has 7 nitrogen and oxygen atoms in total. The number of amides is 4. The first-order valence-corrected chi connectivity index (χ1v) is 10.4. The molecule has 3 N–H and O–H groups in total. The zero-order chi connectivity index (χ0) is 22.2. The molecule has 2 aromatic rings. The molecule has 1 heterocycles. The van der Waals surface area contributed by atoms with Crippen molar-refractivity contribution in [2.75, 3.05) is 23.7 Å². The number of nitrogens with one attached hydrogen (secondary N) is 3. The molecular formula is C23H27FN4O3. The van der Waals surface area contributed by atoms with E-state index in [0.29, 0.717) is 43.9 Å². The average molecular weight is 426 g/mol. The van der Waals surface area contributed by atoms with Crippen molar-refractivity contribution in [3.63, 3.8) is 0 Å². The lowest BCUT2D eigenvalue weighted by molar-refractivity contribution is -0.126. The molecule has 0 saturated carbocycles. The van der Waals surface area contributed by atoms with Gasteiger partial charge in [-0.3, -0.25) is 9.59 Å². The summed E-state index contributed by atoms with van der Waals surface area (Å²) in [5.74, 6) is -0.836. The number of anilines is 2. The number of likely N-dealkylation sites (tertiary alicyclic amines) is 1. The Morgan fingerprint density at radius 3 is 2.48 bits per heavy atom. The van der Waals surface area contributed by atoms with E-state index in [2.05, 4.69) is 16.0 Å². The van der Waals surface area contributed by atoms with Crippen LogP contribution in [-0.4, -0.2) is 35.8 Å². The summed E-state index contributed by atoms with van der Waals surface area (Å²) < 4.78 is 13.0. The Hall–Kier alpha value is -3.42. The molecule has 1 aliphatic heterocycles. The molecule has 0 spiro atoms. The number of piperidine rings is 1. The molecule has 0 bridgehead atoms. The normalized spacial score (nSPS) is 15.8. The van der Waals surface area contributed by atoms with Gasteiger partial charge in [-0.25, -0.2) is 9.18 Å². The van der Waals surface area contributed by atoms with Crippen molar-refractivity contribution in [3.8, 4) is 0 Å². The smallest absolute Gasteiger partial charge is 0.321 e. The summed E-state index contributed by atoms with van der Waals surface area (Å²) in [5, 5.41) is 8.46. The number of nitrogens with zero attached hydrogens (tertiary/aromatic N) is 1. The van der Waals surface area contributed by atoms with Crippen LogP contribution in [0, 0.1) is 11.7 Å². The van der Waals surface area contributed by atoms with Crippen molar-refractivity contribution in [2.24, 2.45) is 5.92 Å². The van der Waals surface area contributed by atoms with E-state index in [0.717, 1.165) is 12.0 Å². The van der Waals surface area contributed by atoms with Crippen LogP contribution in [0.4, 0.5) is 20.6 Å². The summed E-state index contributed by atoms with van der Waals surface area (Å²) in [6.45, 7) is 2.98. The second-order valence-corrected chi connectivity index (χ2v) is 7.54. The monoisotopic (exact) mass is 426 g/mol. The quantitative estimate of drug-likeness (QED) is 0.657. The van der Waals surface area contributed by atoms with Crippen LogP contribution >= 0.6 is 0 Å². The fourth-order valence-electron chi connectivity index (χ4n) is 3.44. The van der Waals surface area contributed by atoms with Crippen LogP contribution < -0.4 is 16.0 Å². The number of hydrogen-bond donors (Lipinski definition) is 3. The maximum Gasteiger partial charge on any atom is 0.321 e. The number of halogens is 1. The van der Waals surface area contributed by atoms with Crippen molar-refractivity contribution in [2.45, 2.75) is 32.7 Å². The van der Waals surface area contributed by atoms with E-state index in [1.54, 1.807) is 48.2 Å². The number of carbonyl (C=O) groups excluding carboxylic acids is 3. The van der Waals surface area contributed by atoms with E-state index in [1.165, 1.54) is 12.1 Å². The van der Waals surface area contributed by atoms with Gasteiger partial charge in [-0.15, -0.1) is 0 Å². The van der Waals surface area contributed by atoms with Crippen molar-refractivity contribution in [1.82, 2.24) is 10.2 Å². The fraction of sp³-hybridized carbons (Fsp3) is 0.348. The minimum absolute atomic E-state index is 0.103. The highest BCUT2D eigenvalue weighted by atomic mass is 19.1. The molecule has 2 aromatic carbocycles. The molecule has 1 fully saturated rings. The third-order valence-electron chi connectivity index (χ3n) is 5.18. The summed E-state index contributed by atoms with van der Waals surface area (Å²) in [5.41, 5.74) is 2.00. The molecule has 164 valence electrons. The summed E-state index contributed by atoms with van der Waals surface area (Å²) >= 11 is 0. The molecule has 1 aliphatic rings. The van der Waals surface area contributed by atoms with Gasteiger partial charge in [0.05, 0.1) is 5.92 Å². The van der Waals surface area contributed by atoms with Gasteiger partial charge in [-0.05, 0) is 48.7 Å². The number of carbonyl (C=O) groups is 3. The van der Waals surface area contributed by atoms with Crippen LogP contribution in [0.3, 0.4) is 0 Å². The third-order valence-corrected chi connectivity index (χ3v) is 5.18. The Kier molecular flexibility index (Phi) is 7.59. The van der Waals surface area contributed by atoms with Crippen LogP contribution in [0.1, 0.15) is 31.7 Å². The summed E-state index contributed by atoms with van der Waals surface area (Å²) in [6, 6.07) is 12.6. The van der Waals surface area contributed by atoms with Crippen molar-refractivity contribution < 1.29 is 18.8 Å². The van der Waals surface area contributed by atoms with Crippen molar-refractivity contribution >= 4 is 29.2 Å². The molecular weight excluding hydrogens is 399 g/mol. The Morgan fingerprint density at radius 2 is 1.77 bits per heavy atom. The number of benzene rings is 2. The number of rotatable bonds is 6. The first-order valence-electron chi connectivity index (χ1n) is 10.4. The second kappa shape index (κ2) is 10.6. The Bertz CT molecular complexity index is 933. The molecule has 0 aliphatic carbocycles. The van der Waals surface area contributed by atoms with Gasteiger partial charge in [0.25, 0.3) is 0 Å². The van der Waals surface area contributed by atoms with E-state index in [-0.39, 0.29) is 29.6 Å². The molecule has 3 rings (SSSR count). The van der Waals surface area contributed by atoms with Gasteiger partial charge in [0.1, 0.15) is 5.82 Å². The van der Waals surface area contributed by atoms with Gasteiger partial charge < -0.3 is 20.9 Å². The lowest BCUT2D eigenvalue weighted by Gasteiger charge is -2.32. The first-order chi connectivity index (χ1) is 14.9. The molecule has 1 atom stereocenters. The van der Waals surface area contributed by atoms with Gasteiger partial charge in [0.2, 0.25) is 11.8 Å². The SMILES string of the molecule is CCC(=O)Nc1cccc(NC(=O)N2CCCC(C(=O)NCc3ccc(F)cc3)C2)c1. The lowest BCUT2D eigenvalue weighted by Crippen LogP contribution is -2.46. The third kappa shape index (κ3) is 6.53. The van der Waals surface area contributed by atoms with Crippen molar-refractivity contribution in [3.05, 3.63) is 59.9 Å². The Labute approximate surface area is 181 Å². The Balaban J connectivity index is 1.53. The minimum Gasteiger partial charge on any atom is -0.352 e. The van der Waals surface area contributed by atoms with Crippen LogP contribution in [-0.2, 0) is 16.1 Å². The van der Waals surface area contributed by atoms with E-state index < -0.39 is 0 Å². The molecule has 0 radical (unpaired) electrons. The number of urea groups is 1. The fourth-order valence-corrected chi connectivity index (χ4v) is 3.44. The Morgan fingerprint density at radius 1 is 1.06 bits per heavy atom. The summed E-state index contributed by atoms with van der Waals surface area (Å²) in [7, 11) is 0. The van der Waals surface area contributed by atoms with E-state index in [1.807, 2.05) is 0 Å². The summed E-state index contributed by atoms with van der Waals surface area (Å²) in [4.78, 5) is 38.4. The molecule has 1 unspecified atom stereocenters. The number of hydrogen-bond acceptors (Lipinski definition) is 3. The largest absolute Gasteiger partial charge is 0.352 e. The van der Waals surface area contributed by atoms with Crippen LogP contribution in [0.25, 0.3) is 0 Å². The highest BCUT2D eigenvalue weighted by Crippen LogP contribution is 2.20. The van der Waals surface area contributed by atoms with Crippen LogP contribution in [0.5, 0.6) is 0 Å². The highest BCUT2D eigenvalue weighted by molar-refractivity contribution is 5.93. The predicted molar refractivity (Wildman–Crippen MR) is 117 cm³/mol. The van der Waals surface area contributed by atoms with E-state index in [4.69, 9.17) is 0 Å². The zero-order valence-electron chi connectivity index (χ0n) is 17.5. The lowest BCUT2D eigenvalue weighted by atomic mass is 9.97. The zero-order valence-corrected chi connectivity index (χ0v) is 17.5. The maximum absolute atomic E-state index is 13.0. The molecule has 1 saturated heterocycles. The molecule has 4 amide bonds. The van der Waals surface area contributed by atoms with Gasteiger partial charge in [0.15, 0.2) is 0 Å². The highest BCUT2D eigenvalue weighted by Gasteiger charge is 2.28. The minimum atomic E-state index is -0.317. The molecule has 31 heavy (non-hydrogen) atoms. The van der Waals surface area contributed by atoms with Gasteiger partial charge >= 0.3 is 6.03 Å². The van der Waals surface area contributed by atoms with Crippen molar-refractivity contribution in [1.29, 1.82) is 0 Å². The van der Waals surface area contributed by atoms with Crippen LogP contribution in [0.2, 0.25) is 0 Å². The summed E-state index contributed by atoms with van der Waals surface area (Å²) in [6.07, 6.45) is 1.81. The van der Waals surface area contributed by atoms with E-state index >= 15 is 0 Å². The average Bonchev–Trinajstić information content (AvgIpc) is 2.78. The van der Waals surface area contributed by atoms with Crippen LogP contribution in [0.15, 0.2) is 48.5 Å². The molecule has 0 aromatic heterocycles. The molecule has 8 heteroatoms. The standard InChI is InChI=1S/C23H27FN4O3/c1-2-21(29)26-19-6-3-7-20(13-19)27-23(31)28-12-4-5-17(15-28)22(30)25-14-16-8-10-18(24)11-9-16/h3,6-11,13,17H,2,4-5,12,14-15H2,1H3,(H,25,30)(H,26,29)(H,27,31).